The molecule has 21 heavy (non-hydrogen) atoms. The van der Waals surface area contributed by atoms with Gasteiger partial charge in [0.2, 0.25) is 5.91 Å². The fourth-order valence-electron chi connectivity index (χ4n) is 2.89. The van der Waals surface area contributed by atoms with E-state index >= 15 is 0 Å². The Balaban J connectivity index is 2.87. The van der Waals surface area contributed by atoms with E-state index in [0.29, 0.717) is 5.92 Å². The molecule has 0 spiro atoms. The molecule has 0 aromatic heterocycles. The topological polar surface area (TPSA) is 20.3 Å². The molecule has 1 amide bonds. The molecule has 0 aliphatic heterocycles. The van der Waals surface area contributed by atoms with Crippen molar-refractivity contribution in [2.75, 3.05) is 0 Å². The largest absolute Gasteiger partial charge is 0.337 e. The first-order valence-corrected chi connectivity index (χ1v) is 8.15. The second-order valence-electron chi connectivity index (χ2n) is 6.99. The van der Waals surface area contributed by atoms with E-state index in [-0.39, 0.29) is 23.9 Å². The van der Waals surface area contributed by atoms with Crippen LogP contribution in [-0.4, -0.2) is 22.9 Å². The Hall–Kier alpha value is -1.31. The number of amides is 1. The predicted octanol–water partition coefficient (Wildman–Crippen LogP) is 4.63. The van der Waals surface area contributed by atoms with Gasteiger partial charge in [0.1, 0.15) is 0 Å². The summed E-state index contributed by atoms with van der Waals surface area (Å²) in [5, 5.41) is 0. The average Bonchev–Trinajstić information content (AvgIpc) is 2.37. The van der Waals surface area contributed by atoms with Gasteiger partial charge >= 0.3 is 0 Å². The van der Waals surface area contributed by atoms with Crippen LogP contribution in [0, 0.1) is 5.92 Å². The number of benzene rings is 1. The minimum atomic E-state index is -0.0806. The van der Waals surface area contributed by atoms with Gasteiger partial charge in [0, 0.05) is 12.1 Å². The first kappa shape index (κ1) is 17.7. The minimum Gasteiger partial charge on any atom is -0.337 e. The number of carbonyl (C=O) groups is 1. The van der Waals surface area contributed by atoms with Gasteiger partial charge in [0.15, 0.2) is 0 Å². The van der Waals surface area contributed by atoms with Gasteiger partial charge in [-0.25, -0.2) is 0 Å². The molecule has 1 atom stereocenters. The number of nitrogens with zero attached hydrogens (tertiary/aromatic N) is 1. The maximum absolute atomic E-state index is 12.7. The molecule has 1 rings (SSSR count). The van der Waals surface area contributed by atoms with Crippen LogP contribution in [0.4, 0.5) is 0 Å². The highest BCUT2D eigenvalue weighted by Crippen LogP contribution is 2.22. The van der Waals surface area contributed by atoms with Gasteiger partial charge in [0.25, 0.3) is 0 Å². The Morgan fingerprint density at radius 2 is 1.38 bits per heavy atom. The Kier molecular flexibility index (Phi) is 6.44. The van der Waals surface area contributed by atoms with Crippen molar-refractivity contribution in [3.05, 3.63) is 35.4 Å². The molecule has 1 aromatic rings. The molecule has 0 N–H and O–H groups in total. The predicted molar refractivity (Wildman–Crippen MR) is 90.5 cm³/mol. The molecule has 0 unspecified atom stereocenters. The smallest absolute Gasteiger partial charge is 0.230 e. The SMILES string of the molecule is CC(C)Cc1ccc([C@@H](C)C(=O)N(C(C)C)C(C)C)cc1. The Morgan fingerprint density at radius 3 is 1.76 bits per heavy atom. The van der Waals surface area contributed by atoms with Crippen LogP contribution in [0.2, 0.25) is 0 Å². The van der Waals surface area contributed by atoms with Crippen molar-refractivity contribution in [3.63, 3.8) is 0 Å². The van der Waals surface area contributed by atoms with Crippen molar-refractivity contribution >= 4 is 5.91 Å². The molecule has 2 heteroatoms. The van der Waals surface area contributed by atoms with Crippen molar-refractivity contribution in [2.24, 2.45) is 5.92 Å². The molecule has 0 fully saturated rings. The van der Waals surface area contributed by atoms with E-state index in [9.17, 15) is 4.79 Å². The van der Waals surface area contributed by atoms with E-state index < -0.39 is 0 Å². The van der Waals surface area contributed by atoms with Gasteiger partial charge in [-0.1, -0.05) is 38.1 Å². The fraction of sp³-hybridized carbons (Fsp3) is 0.632. The summed E-state index contributed by atoms with van der Waals surface area (Å²) in [6.07, 6.45) is 1.09. The highest BCUT2D eigenvalue weighted by atomic mass is 16.2. The van der Waals surface area contributed by atoms with Crippen molar-refractivity contribution in [1.29, 1.82) is 0 Å². The van der Waals surface area contributed by atoms with Crippen molar-refractivity contribution in [2.45, 2.75) is 72.9 Å². The first-order chi connectivity index (χ1) is 9.73. The Bertz CT molecular complexity index is 437. The third kappa shape index (κ3) is 4.87. The molecule has 0 radical (unpaired) electrons. The van der Waals surface area contributed by atoms with Gasteiger partial charge in [-0.15, -0.1) is 0 Å². The van der Waals surface area contributed by atoms with Gasteiger partial charge < -0.3 is 4.90 Å². The summed E-state index contributed by atoms with van der Waals surface area (Å²) in [5.74, 6) is 0.798. The van der Waals surface area contributed by atoms with Crippen LogP contribution in [0.15, 0.2) is 24.3 Å². The zero-order chi connectivity index (χ0) is 16.2. The molecule has 0 aliphatic rings. The summed E-state index contributed by atoms with van der Waals surface area (Å²) in [5.41, 5.74) is 2.46. The third-order valence-electron chi connectivity index (χ3n) is 3.86. The highest BCUT2D eigenvalue weighted by Gasteiger charge is 2.25. The van der Waals surface area contributed by atoms with Gasteiger partial charge in [-0.05, 0) is 58.1 Å². The lowest BCUT2D eigenvalue weighted by molar-refractivity contribution is -0.136. The number of hydrogen-bond donors (Lipinski definition) is 0. The van der Waals surface area contributed by atoms with Crippen LogP contribution in [-0.2, 0) is 11.2 Å². The van der Waals surface area contributed by atoms with E-state index in [2.05, 4.69) is 65.8 Å². The fourth-order valence-corrected chi connectivity index (χ4v) is 2.89. The second-order valence-corrected chi connectivity index (χ2v) is 6.99. The van der Waals surface area contributed by atoms with E-state index in [1.54, 1.807) is 0 Å². The van der Waals surface area contributed by atoms with Crippen LogP contribution >= 0.6 is 0 Å². The quantitative estimate of drug-likeness (QED) is 0.747. The number of carbonyl (C=O) groups excluding carboxylic acids is 1. The van der Waals surface area contributed by atoms with E-state index in [1.807, 2.05) is 11.8 Å². The van der Waals surface area contributed by atoms with Crippen LogP contribution in [0.1, 0.15) is 65.5 Å². The Labute approximate surface area is 130 Å². The number of rotatable bonds is 6. The maximum atomic E-state index is 12.7. The summed E-state index contributed by atoms with van der Waals surface area (Å²) >= 11 is 0. The third-order valence-corrected chi connectivity index (χ3v) is 3.86. The molecule has 0 saturated carbocycles. The minimum absolute atomic E-state index is 0.0806. The zero-order valence-electron chi connectivity index (χ0n) is 14.7. The van der Waals surface area contributed by atoms with Crippen LogP contribution < -0.4 is 0 Å². The molecular formula is C19H31NO. The lowest BCUT2D eigenvalue weighted by Gasteiger charge is -2.33. The monoisotopic (exact) mass is 289 g/mol. The molecule has 0 bridgehead atoms. The lowest BCUT2D eigenvalue weighted by atomic mass is 9.95. The summed E-state index contributed by atoms with van der Waals surface area (Å²) in [7, 11) is 0. The summed E-state index contributed by atoms with van der Waals surface area (Å²) in [4.78, 5) is 14.7. The summed E-state index contributed by atoms with van der Waals surface area (Å²) in [6.45, 7) is 14.8. The standard InChI is InChI=1S/C19H31NO/c1-13(2)12-17-8-10-18(11-9-17)16(7)19(21)20(14(3)4)15(5)6/h8-11,13-16H,12H2,1-7H3/t16-/m1/s1. The van der Waals surface area contributed by atoms with Gasteiger partial charge in [-0.3, -0.25) is 4.79 Å². The average molecular weight is 289 g/mol. The molecule has 0 aliphatic carbocycles. The molecule has 0 saturated heterocycles. The second kappa shape index (κ2) is 7.63. The zero-order valence-corrected chi connectivity index (χ0v) is 14.7. The van der Waals surface area contributed by atoms with Crippen LogP contribution in [0.25, 0.3) is 0 Å². The molecule has 1 aromatic carbocycles. The van der Waals surface area contributed by atoms with E-state index in [4.69, 9.17) is 0 Å². The highest BCUT2D eigenvalue weighted by molar-refractivity contribution is 5.83. The molecule has 0 heterocycles. The van der Waals surface area contributed by atoms with Crippen molar-refractivity contribution < 1.29 is 4.79 Å². The van der Waals surface area contributed by atoms with E-state index in [1.165, 1.54) is 5.56 Å². The summed E-state index contributed by atoms with van der Waals surface area (Å²) < 4.78 is 0. The van der Waals surface area contributed by atoms with Crippen molar-refractivity contribution in [3.8, 4) is 0 Å². The molecular weight excluding hydrogens is 258 g/mol. The van der Waals surface area contributed by atoms with Gasteiger partial charge in [0.05, 0.1) is 5.92 Å². The van der Waals surface area contributed by atoms with Gasteiger partial charge in [-0.2, -0.15) is 0 Å². The molecule has 118 valence electrons. The van der Waals surface area contributed by atoms with E-state index in [0.717, 1.165) is 12.0 Å². The van der Waals surface area contributed by atoms with Crippen LogP contribution in [0.3, 0.4) is 0 Å². The first-order valence-electron chi connectivity index (χ1n) is 8.15. The normalized spacial score (nSPS) is 13.0. The van der Waals surface area contributed by atoms with Crippen LogP contribution in [0.5, 0.6) is 0 Å². The van der Waals surface area contributed by atoms with Crippen molar-refractivity contribution in [1.82, 2.24) is 4.90 Å². The number of hydrogen-bond acceptors (Lipinski definition) is 1. The Morgan fingerprint density at radius 1 is 0.905 bits per heavy atom. The maximum Gasteiger partial charge on any atom is 0.230 e. The summed E-state index contributed by atoms with van der Waals surface area (Å²) in [6, 6.07) is 9.01. The lowest BCUT2D eigenvalue weighted by Crippen LogP contribution is -2.44. The molecule has 2 nitrogen and oxygen atoms in total.